The Hall–Kier alpha value is -2.89. The zero-order valence-corrected chi connectivity index (χ0v) is 21.7. The molecule has 0 amide bonds. The second-order valence-corrected chi connectivity index (χ2v) is 13.0. The van der Waals surface area contributed by atoms with Crippen LogP contribution < -0.4 is 21.0 Å². The Kier molecular flexibility index (Phi) is 9.15. The molecule has 0 N–H and O–H groups in total. The van der Waals surface area contributed by atoms with Crippen LogP contribution in [-0.2, 0) is 0 Å². The summed E-state index contributed by atoms with van der Waals surface area (Å²) in [6.07, 6.45) is 8.74. The average Bonchev–Trinajstić information content (AvgIpc) is 2.94. The second kappa shape index (κ2) is 12.7. The van der Waals surface area contributed by atoms with Crippen LogP contribution in [0.4, 0.5) is 0 Å². The average molecular weight is 481 g/mol. The van der Waals surface area contributed by atoms with Crippen LogP contribution >= 0.6 is 7.26 Å². The molecule has 1 nitrogen and oxygen atoms in total. The van der Waals surface area contributed by atoms with Crippen molar-refractivity contribution in [1.29, 1.82) is 0 Å². The van der Waals surface area contributed by atoms with Gasteiger partial charge in [-0.1, -0.05) is 111 Å². The lowest BCUT2D eigenvalue weighted by atomic mass is 9.84. The van der Waals surface area contributed by atoms with E-state index in [1.807, 2.05) is 18.2 Å². The van der Waals surface area contributed by atoms with Crippen molar-refractivity contribution >= 4 is 23.2 Å². The van der Waals surface area contributed by atoms with Crippen molar-refractivity contribution in [1.82, 2.24) is 0 Å². The molecule has 0 radical (unpaired) electrons. The van der Waals surface area contributed by atoms with Gasteiger partial charge in [-0.05, 0) is 61.6 Å². The smallest absolute Gasteiger partial charge is 0.112 e. The number of hydrogen-bond acceptors (Lipinski definition) is 1. The zero-order valence-electron chi connectivity index (χ0n) is 20.9. The van der Waals surface area contributed by atoms with E-state index in [0.717, 1.165) is 5.56 Å². The zero-order chi connectivity index (χ0) is 24.3. The molecule has 0 saturated heterocycles. The molecule has 2 heteroatoms. The van der Waals surface area contributed by atoms with Gasteiger partial charge in [-0.3, -0.25) is 0 Å². The Labute approximate surface area is 212 Å². The van der Waals surface area contributed by atoms with Crippen LogP contribution in [0, 0.1) is 0 Å². The van der Waals surface area contributed by atoms with Crippen molar-refractivity contribution in [3.05, 3.63) is 121 Å². The highest BCUT2D eigenvalue weighted by Crippen LogP contribution is 2.55. The molecule has 4 aromatic carbocycles. The Balaban J connectivity index is 0.000000189. The van der Waals surface area contributed by atoms with E-state index in [4.69, 9.17) is 0 Å². The highest BCUT2D eigenvalue weighted by Gasteiger charge is 2.44. The summed E-state index contributed by atoms with van der Waals surface area (Å²) in [7, 11) is -1.55. The predicted octanol–water partition coefficient (Wildman–Crippen LogP) is 7.20. The van der Waals surface area contributed by atoms with Gasteiger partial charge in [0.25, 0.3) is 0 Å². The van der Waals surface area contributed by atoms with Gasteiger partial charge in [0, 0.05) is 0 Å². The van der Waals surface area contributed by atoms with Crippen molar-refractivity contribution in [2.45, 2.75) is 51.4 Å². The molecular weight excluding hydrogens is 443 g/mol. The van der Waals surface area contributed by atoms with E-state index in [1.54, 1.807) is 6.07 Å². The van der Waals surface area contributed by atoms with E-state index in [0.29, 0.717) is 5.92 Å². The normalized spacial score (nSPS) is 14.1. The van der Waals surface area contributed by atoms with Crippen molar-refractivity contribution in [2.24, 2.45) is 0 Å². The molecule has 1 saturated carbocycles. The third kappa shape index (κ3) is 6.03. The van der Waals surface area contributed by atoms with Crippen LogP contribution in [-0.4, -0.2) is 6.16 Å². The fourth-order valence-electron chi connectivity index (χ4n) is 5.45. The lowest BCUT2D eigenvalue weighted by Crippen LogP contribution is -2.33. The summed E-state index contributed by atoms with van der Waals surface area (Å²) in [5.74, 6) is 0.775. The fourth-order valence-corrected chi connectivity index (χ4v) is 9.83. The molecule has 0 bridgehead atoms. The van der Waals surface area contributed by atoms with Gasteiger partial charge in [0.2, 0.25) is 0 Å². The molecule has 5 rings (SSSR count). The van der Waals surface area contributed by atoms with Crippen molar-refractivity contribution in [3.63, 3.8) is 0 Å². The molecule has 180 valence electrons. The van der Waals surface area contributed by atoms with E-state index in [2.05, 4.69) is 97.9 Å². The summed E-state index contributed by atoms with van der Waals surface area (Å²) in [4.78, 5) is 0. The lowest BCUT2D eigenvalue weighted by molar-refractivity contribution is -0.269. The number of rotatable bonds is 6. The standard InChI is InChI=1S/C21H22P.C12H16O/c1-2-18-22(19-12-6-3-7-13-19,20-14-8-4-9-15-20)21-16-10-5-11-17-21;13-12-9-5-4-8-11(12)10-6-2-1-3-7-10/h3-17H,2,18H2,1H3;4-5,8-10,13H,1-3,6-7H2/q+1;/p-1. The fraction of sp³-hybridized carbons (Fsp3) is 0.273. The third-order valence-corrected chi connectivity index (χ3v) is 11.8. The molecule has 1 aliphatic carbocycles. The minimum absolute atomic E-state index is 0.231. The topological polar surface area (TPSA) is 23.1 Å². The van der Waals surface area contributed by atoms with Crippen LogP contribution in [0.3, 0.4) is 0 Å². The van der Waals surface area contributed by atoms with Crippen LogP contribution in [0.2, 0.25) is 0 Å². The molecule has 0 atom stereocenters. The summed E-state index contributed by atoms with van der Waals surface area (Å²) in [5.41, 5.74) is 1.04. The quantitative estimate of drug-likeness (QED) is 0.268. The van der Waals surface area contributed by atoms with Crippen LogP contribution in [0.25, 0.3) is 0 Å². The molecule has 4 aromatic rings. The summed E-state index contributed by atoms with van der Waals surface area (Å²) in [5, 5.41) is 16.0. The Morgan fingerprint density at radius 3 is 1.46 bits per heavy atom. The summed E-state index contributed by atoms with van der Waals surface area (Å²) in [6, 6.07) is 40.7. The summed E-state index contributed by atoms with van der Waals surface area (Å²) in [6.45, 7) is 2.30. The molecule has 0 unspecified atom stereocenters. The molecule has 0 aromatic heterocycles. The number of benzene rings is 4. The minimum atomic E-state index is -1.55. The van der Waals surface area contributed by atoms with Gasteiger partial charge in [-0.25, -0.2) is 0 Å². The minimum Gasteiger partial charge on any atom is -0.872 e. The molecule has 0 aliphatic heterocycles. The van der Waals surface area contributed by atoms with E-state index >= 15 is 0 Å². The Bertz CT molecular complexity index is 1040. The summed E-state index contributed by atoms with van der Waals surface area (Å²) < 4.78 is 0. The SMILES string of the molecule is CCC[P+](c1ccccc1)(c1ccccc1)c1ccccc1.[O-]c1ccccc1C1CCCCC1. The highest BCUT2D eigenvalue weighted by molar-refractivity contribution is 7.95. The molecule has 1 aliphatic rings. The molecule has 1 fully saturated rings. The molecule has 0 heterocycles. The monoisotopic (exact) mass is 480 g/mol. The predicted molar refractivity (Wildman–Crippen MR) is 152 cm³/mol. The van der Waals surface area contributed by atoms with Crippen LogP contribution in [0.5, 0.6) is 5.75 Å². The first-order valence-electron chi connectivity index (χ1n) is 13.1. The molecule has 0 spiro atoms. The van der Waals surface area contributed by atoms with Crippen molar-refractivity contribution in [2.75, 3.05) is 6.16 Å². The maximum Gasteiger partial charge on any atom is 0.112 e. The maximum absolute atomic E-state index is 11.5. The van der Waals surface area contributed by atoms with E-state index in [-0.39, 0.29) is 5.75 Å². The van der Waals surface area contributed by atoms with Gasteiger partial charge in [0.05, 0.1) is 6.16 Å². The molecular formula is C33H37OP. The second-order valence-electron chi connectivity index (χ2n) is 9.41. The van der Waals surface area contributed by atoms with Gasteiger partial charge < -0.3 is 5.11 Å². The Morgan fingerprint density at radius 1 is 0.600 bits per heavy atom. The largest absolute Gasteiger partial charge is 0.872 e. The molecule has 35 heavy (non-hydrogen) atoms. The van der Waals surface area contributed by atoms with Gasteiger partial charge in [0.15, 0.2) is 0 Å². The lowest BCUT2D eigenvalue weighted by Gasteiger charge is -2.27. The highest BCUT2D eigenvalue weighted by atomic mass is 31.2. The summed E-state index contributed by atoms with van der Waals surface area (Å²) >= 11 is 0. The van der Waals surface area contributed by atoms with Crippen LogP contribution in [0.1, 0.15) is 56.9 Å². The van der Waals surface area contributed by atoms with Gasteiger partial charge in [-0.15, -0.1) is 5.75 Å². The Morgan fingerprint density at radius 2 is 1.03 bits per heavy atom. The van der Waals surface area contributed by atoms with E-state index in [9.17, 15) is 5.11 Å². The first-order chi connectivity index (χ1) is 17.3. The third-order valence-electron chi connectivity index (χ3n) is 7.11. The number of para-hydroxylation sites is 1. The van der Waals surface area contributed by atoms with Gasteiger partial charge in [-0.2, -0.15) is 0 Å². The van der Waals surface area contributed by atoms with Crippen molar-refractivity contribution < 1.29 is 5.11 Å². The maximum atomic E-state index is 11.5. The number of hydrogen-bond donors (Lipinski definition) is 0. The van der Waals surface area contributed by atoms with Crippen LogP contribution in [0.15, 0.2) is 115 Å². The van der Waals surface area contributed by atoms with E-state index < -0.39 is 7.26 Å². The first-order valence-corrected chi connectivity index (χ1v) is 15.0. The first kappa shape index (κ1) is 25.2. The van der Waals surface area contributed by atoms with Gasteiger partial charge >= 0.3 is 0 Å². The van der Waals surface area contributed by atoms with E-state index in [1.165, 1.54) is 60.6 Å². The van der Waals surface area contributed by atoms with Crippen molar-refractivity contribution in [3.8, 4) is 5.75 Å². The van der Waals surface area contributed by atoms with Gasteiger partial charge in [0.1, 0.15) is 23.2 Å².